The fourth-order valence-electron chi connectivity index (χ4n) is 3.39. The van der Waals surface area contributed by atoms with Crippen molar-refractivity contribution in [2.75, 3.05) is 39.4 Å². The summed E-state index contributed by atoms with van der Waals surface area (Å²) in [5.74, 6) is -1.06. The molecule has 0 radical (unpaired) electrons. The number of morpholine rings is 1. The van der Waals surface area contributed by atoms with Crippen LogP contribution in [0, 0.1) is 5.82 Å². The molecule has 2 aliphatic rings. The Balaban J connectivity index is 1.85. The minimum atomic E-state index is -3.98. The predicted molar refractivity (Wildman–Crippen MR) is 95.0 cm³/mol. The maximum Gasteiger partial charge on any atom is 0.253 e. The number of nitrogens with zero attached hydrogens (tertiary/aromatic N) is 2. The summed E-state index contributed by atoms with van der Waals surface area (Å²) in [5, 5.41) is 0. The molecule has 6 nitrogen and oxygen atoms in total. The van der Waals surface area contributed by atoms with Crippen LogP contribution in [0.3, 0.4) is 0 Å². The molecule has 0 N–H and O–H groups in total. The van der Waals surface area contributed by atoms with Crippen LogP contribution in [0.4, 0.5) is 4.39 Å². The van der Waals surface area contributed by atoms with E-state index in [1.807, 2.05) is 0 Å². The van der Waals surface area contributed by atoms with E-state index in [0.29, 0.717) is 13.1 Å². The Labute approximate surface area is 154 Å². The largest absolute Gasteiger partial charge is 0.379 e. The van der Waals surface area contributed by atoms with Crippen molar-refractivity contribution in [1.29, 1.82) is 0 Å². The number of carbonyl (C=O) groups is 1. The summed E-state index contributed by atoms with van der Waals surface area (Å²) in [6, 6.07) is 3.63. The Bertz CT molecular complexity index is 740. The molecule has 0 atom stereocenters. The molecule has 2 aliphatic heterocycles. The third kappa shape index (κ3) is 4.24. The summed E-state index contributed by atoms with van der Waals surface area (Å²) in [5.41, 5.74) is 0.221. The summed E-state index contributed by atoms with van der Waals surface area (Å²) >= 11 is 0. The van der Waals surface area contributed by atoms with E-state index in [0.717, 1.165) is 31.7 Å². The standard InChI is InChI=1S/C18H25FN2O4S/c19-16-7-6-15(18(22)20-8-4-2-1-3-5-9-20)14-17(16)26(23,24)21-10-12-25-13-11-21/h6-7,14H,1-5,8-13H2. The monoisotopic (exact) mass is 384 g/mol. The molecule has 0 bridgehead atoms. The molecule has 0 spiro atoms. The fraction of sp³-hybridized carbons (Fsp3) is 0.611. The van der Waals surface area contributed by atoms with Gasteiger partial charge in [-0.1, -0.05) is 19.3 Å². The van der Waals surface area contributed by atoms with Gasteiger partial charge in [0.1, 0.15) is 10.7 Å². The lowest BCUT2D eigenvalue weighted by Crippen LogP contribution is -2.41. The summed E-state index contributed by atoms with van der Waals surface area (Å²) < 4.78 is 46.2. The molecule has 144 valence electrons. The lowest BCUT2D eigenvalue weighted by molar-refractivity contribution is 0.0727. The third-order valence-electron chi connectivity index (χ3n) is 4.91. The van der Waals surface area contributed by atoms with Crippen LogP contribution in [0.15, 0.2) is 23.1 Å². The van der Waals surface area contributed by atoms with Crippen molar-refractivity contribution in [3.63, 3.8) is 0 Å². The van der Waals surface area contributed by atoms with Gasteiger partial charge in [-0.2, -0.15) is 4.31 Å². The van der Waals surface area contributed by atoms with E-state index < -0.39 is 20.7 Å². The second-order valence-electron chi connectivity index (χ2n) is 6.72. The molecule has 26 heavy (non-hydrogen) atoms. The summed E-state index contributed by atoms with van der Waals surface area (Å²) in [6.07, 6.45) is 5.23. The van der Waals surface area contributed by atoms with Crippen molar-refractivity contribution in [1.82, 2.24) is 9.21 Å². The van der Waals surface area contributed by atoms with Crippen LogP contribution in [-0.4, -0.2) is 62.9 Å². The maximum absolute atomic E-state index is 14.3. The number of benzene rings is 1. The number of hydrogen-bond donors (Lipinski definition) is 0. The van der Waals surface area contributed by atoms with Gasteiger partial charge in [-0.05, 0) is 31.0 Å². The van der Waals surface area contributed by atoms with Crippen LogP contribution in [-0.2, 0) is 14.8 Å². The van der Waals surface area contributed by atoms with Gasteiger partial charge in [0.05, 0.1) is 13.2 Å². The first-order valence-corrected chi connectivity index (χ1v) is 10.6. The second-order valence-corrected chi connectivity index (χ2v) is 8.63. The second kappa shape index (κ2) is 8.45. The topological polar surface area (TPSA) is 66.9 Å². The van der Waals surface area contributed by atoms with Crippen molar-refractivity contribution in [2.24, 2.45) is 0 Å². The van der Waals surface area contributed by atoms with Crippen LogP contribution in [0.1, 0.15) is 42.5 Å². The number of hydrogen-bond acceptors (Lipinski definition) is 4. The minimum Gasteiger partial charge on any atom is -0.379 e. The van der Waals surface area contributed by atoms with E-state index >= 15 is 0 Å². The van der Waals surface area contributed by atoms with E-state index in [4.69, 9.17) is 4.74 Å². The predicted octanol–water partition coefficient (Wildman–Crippen LogP) is 2.25. The van der Waals surface area contributed by atoms with Crippen LogP contribution >= 0.6 is 0 Å². The van der Waals surface area contributed by atoms with Crippen LogP contribution in [0.25, 0.3) is 0 Å². The molecule has 1 aromatic rings. The number of likely N-dealkylation sites (tertiary alicyclic amines) is 1. The smallest absolute Gasteiger partial charge is 0.253 e. The van der Waals surface area contributed by atoms with Gasteiger partial charge in [0.2, 0.25) is 10.0 Å². The number of sulfonamides is 1. The summed E-state index contributed by atoms with van der Waals surface area (Å²) in [4.78, 5) is 14.1. The van der Waals surface area contributed by atoms with Gasteiger partial charge in [-0.3, -0.25) is 4.79 Å². The molecule has 2 fully saturated rings. The van der Waals surface area contributed by atoms with Crippen molar-refractivity contribution >= 4 is 15.9 Å². The molecule has 0 saturated carbocycles. The number of rotatable bonds is 3. The van der Waals surface area contributed by atoms with Crippen molar-refractivity contribution in [2.45, 2.75) is 37.0 Å². The molecular formula is C18H25FN2O4S. The minimum absolute atomic E-state index is 0.187. The van der Waals surface area contributed by atoms with E-state index in [-0.39, 0.29) is 37.8 Å². The molecule has 3 rings (SSSR count). The SMILES string of the molecule is O=C(c1ccc(F)c(S(=O)(=O)N2CCOCC2)c1)N1CCCCCCC1. The van der Waals surface area contributed by atoms with Crippen LogP contribution in [0.2, 0.25) is 0 Å². The summed E-state index contributed by atoms with van der Waals surface area (Å²) in [7, 11) is -3.98. The Morgan fingerprint density at radius 2 is 1.58 bits per heavy atom. The molecule has 0 aromatic heterocycles. The van der Waals surface area contributed by atoms with Gasteiger partial charge >= 0.3 is 0 Å². The Morgan fingerprint density at radius 1 is 0.962 bits per heavy atom. The zero-order valence-electron chi connectivity index (χ0n) is 14.8. The normalized spacial score (nSPS) is 20.4. The molecule has 0 unspecified atom stereocenters. The van der Waals surface area contributed by atoms with Crippen molar-refractivity contribution in [3.8, 4) is 0 Å². The lowest BCUT2D eigenvalue weighted by Gasteiger charge is -2.27. The average Bonchev–Trinajstić information content (AvgIpc) is 2.62. The number of amides is 1. The van der Waals surface area contributed by atoms with Gasteiger partial charge < -0.3 is 9.64 Å². The lowest BCUT2D eigenvalue weighted by atomic mass is 10.1. The molecule has 0 aliphatic carbocycles. The Morgan fingerprint density at radius 3 is 2.23 bits per heavy atom. The zero-order valence-corrected chi connectivity index (χ0v) is 15.6. The molecule has 1 amide bonds. The van der Waals surface area contributed by atoms with Crippen LogP contribution < -0.4 is 0 Å². The third-order valence-corrected chi connectivity index (χ3v) is 6.82. The van der Waals surface area contributed by atoms with Gasteiger partial charge in [0, 0.05) is 31.7 Å². The highest BCUT2D eigenvalue weighted by Crippen LogP contribution is 2.23. The Hall–Kier alpha value is -1.51. The Kier molecular flexibility index (Phi) is 6.26. The highest BCUT2D eigenvalue weighted by atomic mass is 32.2. The van der Waals surface area contributed by atoms with Crippen molar-refractivity contribution < 1.29 is 22.3 Å². The highest BCUT2D eigenvalue weighted by Gasteiger charge is 2.30. The average molecular weight is 384 g/mol. The van der Waals surface area contributed by atoms with E-state index in [1.165, 1.54) is 22.9 Å². The van der Waals surface area contributed by atoms with Crippen LogP contribution in [0.5, 0.6) is 0 Å². The first-order chi connectivity index (χ1) is 12.5. The van der Waals surface area contributed by atoms with Gasteiger partial charge in [0.25, 0.3) is 5.91 Å². The molecule has 2 heterocycles. The molecule has 2 saturated heterocycles. The van der Waals surface area contributed by atoms with Gasteiger partial charge in [-0.25, -0.2) is 12.8 Å². The van der Waals surface area contributed by atoms with E-state index in [1.54, 1.807) is 4.90 Å². The van der Waals surface area contributed by atoms with Gasteiger partial charge in [-0.15, -0.1) is 0 Å². The number of carbonyl (C=O) groups excluding carboxylic acids is 1. The molecule has 8 heteroatoms. The van der Waals surface area contributed by atoms with Gasteiger partial charge in [0.15, 0.2) is 0 Å². The number of ether oxygens (including phenoxy) is 1. The zero-order chi connectivity index (χ0) is 18.6. The first-order valence-electron chi connectivity index (χ1n) is 9.17. The summed E-state index contributed by atoms with van der Waals surface area (Å²) in [6.45, 7) is 2.25. The molecule has 1 aromatic carbocycles. The first kappa shape index (κ1) is 19.3. The quantitative estimate of drug-likeness (QED) is 0.802. The maximum atomic E-state index is 14.3. The van der Waals surface area contributed by atoms with E-state index in [9.17, 15) is 17.6 Å². The molecular weight excluding hydrogens is 359 g/mol. The van der Waals surface area contributed by atoms with E-state index in [2.05, 4.69) is 0 Å². The fourth-order valence-corrected chi connectivity index (χ4v) is 4.89. The number of halogens is 1. The van der Waals surface area contributed by atoms with Crippen molar-refractivity contribution in [3.05, 3.63) is 29.6 Å². The highest BCUT2D eigenvalue weighted by molar-refractivity contribution is 7.89.